The molecule has 0 nitrogen and oxygen atoms in total. The van der Waals surface area contributed by atoms with Crippen molar-refractivity contribution < 1.29 is 44.1 Å². The summed E-state index contributed by atoms with van der Waals surface area (Å²) >= 11 is 9.01. The second-order valence-electron chi connectivity index (χ2n) is 17.4. The molecule has 278 valence electrons. The molecule has 54 heavy (non-hydrogen) atoms. The van der Waals surface area contributed by atoms with Gasteiger partial charge in [-0.25, -0.2) is 0 Å². The van der Waals surface area contributed by atoms with Gasteiger partial charge in [-0.05, 0) is 0 Å². The first-order chi connectivity index (χ1) is 24.5. The van der Waals surface area contributed by atoms with E-state index in [9.17, 15) is 0 Å². The van der Waals surface area contributed by atoms with Gasteiger partial charge in [-0.1, -0.05) is 0 Å². The first kappa shape index (κ1) is 41.3. The SMILES string of the molecule is CC1=CC(C)(C)c2cc3c(cc21)-c1cc2c(cc1[CH]3[Zr+2](=[CH]c1ccc(Cl)cc1)(=[CH]c1ccc(Cl)cc1)[C]1=C(C)C(C(C)C)=CC1C)C(C)(C)C=C2C.[Cl-].[Cl-]. The van der Waals surface area contributed by atoms with Crippen molar-refractivity contribution in [1.82, 2.24) is 0 Å². The zero-order chi connectivity index (χ0) is 37.1. The molecule has 4 aromatic rings. The number of fused-ring (bicyclic) bond motifs is 5. The van der Waals surface area contributed by atoms with E-state index < -0.39 is 19.3 Å². The molecule has 0 N–H and O–H groups in total. The van der Waals surface area contributed by atoms with Gasteiger partial charge in [0, 0.05) is 0 Å². The molecule has 1 unspecified atom stereocenters. The van der Waals surface area contributed by atoms with E-state index in [0.29, 0.717) is 11.8 Å². The molecule has 0 saturated carbocycles. The summed E-state index contributed by atoms with van der Waals surface area (Å²) in [5.74, 6) is 0.784. The van der Waals surface area contributed by atoms with Crippen LogP contribution in [0.3, 0.4) is 0 Å². The van der Waals surface area contributed by atoms with E-state index in [1.807, 2.05) is 0 Å². The molecule has 0 fully saturated rings. The second-order valence-corrected chi connectivity index (χ2v) is 27.1. The smallest absolute Gasteiger partial charge is 1.00 e. The van der Waals surface area contributed by atoms with Crippen molar-refractivity contribution in [3.05, 3.63) is 160 Å². The number of allylic oxidation sites excluding steroid dienone is 8. The van der Waals surface area contributed by atoms with E-state index >= 15 is 0 Å². The van der Waals surface area contributed by atoms with Crippen LogP contribution in [0, 0.1) is 11.8 Å². The van der Waals surface area contributed by atoms with Crippen LogP contribution in [-0.4, -0.2) is 7.42 Å². The molecular formula is C49H50Cl4Zr. The Morgan fingerprint density at radius 1 is 0.630 bits per heavy atom. The van der Waals surface area contributed by atoms with Gasteiger partial charge in [0.1, 0.15) is 0 Å². The van der Waals surface area contributed by atoms with Gasteiger partial charge in [-0.3, -0.25) is 0 Å². The van der Waals surface area contributed by atoms with Crippen molar-refractivity contribution in [3.8, 4) is 11.1 Å². The van der Waals surface area contributed by atoms with E-state index in [0.717, 1.165) is 10.0 Å². The zero-order valence-electron chi connectivity index (χ0n) is 33.1. The van der Waals surface area contributed by atoms with Crippen molar-refractivity contribution >= 4 is 41.8 Å². The Bertz CT molecular complexity index is 2310. The number of hydrogen-bond acceptors (Lipinski definition) is 0. The monoisotopic (exact) mass is 868 g/mol. The van der Waals surface area contributed by atoms with E-state index in [4.69, 9.17) is 23.2 Å². The summed E-state index contributed by atoms with van der Waals surface area (Å²) in [6, 6.07) is 27.6. The zero-order valence-corrected chi connectivity index (χ0v) is 38.5. The quantitative estimate of drug-likeness (QED) is 0.192. The van der Waals surface area contributed by atoms with Gasteiger partial charge in [0.05, 0.1) is 0 Å². The first-order valence-corrected chi connectivity index (χ1v) is 25.2. The normalized spacial score (nSPS) is 18.3. The Labute approximate surface area is 349 Å². The van der Waals surface area contributed by atoms with Crippen LogP contribution in [0.15, 0.2) is 105 Å². The maximum Gasteiger partial charge on any atom is -1.00 e. The Hall–Kier alpha value is -2.38. The average Bonchev–Trinajstić information content (AvgIpc) is 3.72. The molecule has 0 heterocycles. The van der Waals surface area contributed by atoms with Gasteiger partial charge in [0.15, 0.2) is 0 Å². The van der Waals surface area contributed by atoms with Crippen LogP contribution in [-0.2, 0) is 30.1 Å². The summed E-state index contributed by atoms with van der Waals surface area (Å²) in [6.45, 7) is 23.7. The topological polar surface area (TPSA) is 0 Å². The van der Waals surface area contributed by atoms with Crippen LogP contribution >= 0.6 is 23.2 Å². The third kappa shape index (κ3) is 6.57. The molecule has 8 rings (SSSR count). The van der Waals surface area contributed by atoms with Crippen LogP contribution in [0.4, 0.5) is 0 Å². The van der Waals surface area contributed by atoms with Crippen molar-refractivity contribution in [2.75, 3.05) is 0 Å². The standard InChI is InChI=1S/C25H25.C10H15.2C7H5Cl.2ClH.Zr/c1-14-12-24(3,4)22-8-16-7-17-9-23-19(15(2)13-25(23,5)6)11-21(17)20(16)10-18(14)22;1-7(2)10-6-8(3)5-9(10)4;2*1-6-2-4-7(8)5-3-6;;;/h7-13H,1-6H3;6-8H,1-4H3;2*1-5H;2*1H;/q;;;;;;+2/p-2. The molecule has 4 aliphatic rings. The summed E-state index contributed by atoms with van der Waals surface area (Å²) in [6.07, 6.45) is 7.53. The van der Waals surface area contributed by atoms with Crippen molar-refractivity contribution in [3.63, 3.8) is 0 Å². The molecule has 0 radical (unpaired) electrons. The molecule has 0 amide bonds. The van der Waals surface area contributed by atoms with Gasteiger partial charge in [-0.15, -0.1) is 0 Å². The average molecular weight is 872 g/mol. The van der Waals surface area contributed by atoms with Crippen molar-refractivity contribution in [2.24, 2.45) is 11.8 Å². The summed E-state index contributed by atoms with van der Waals surface area (Å²) in [5, 5.41) is 1.54. The van der Waals surface area contributed by atoms with Crippen molar-refractivity contribution in [1.29, 1.82) is 0 Å². The number of benzene rings is 4. The van der Waals surface area contributed by atoms with Gasteiger partial charge in [0.25, 0.3) is 0 Å². The minimum Gasteiger partial charge on any atom is -1.00 e. The number of halogens is 4. The minimum atomic E-state index is -4.10. The van der Waals surface area contributed by atoms with Gasteiger partial charge >= 0.3 is 328 Å². The summed E-state index contributed by atoms with van der Waals surface area (Å²) in [5.41, 5.74) is 19.8. The molecule has 4 aliphatic carbocycles. The maximum absolute atomic E-state index is 6.56. The van der Waals surface area contributed by atoms with Crippen LogP contribution < -0.4 is 24.8 Å². The fourth-order valence-corrected chi connectivity index (χ4v) is 24.7. The Balaban J connectivity index is 0.00000249. The summed E-state index contributed by atoms with van der Waals surface area (Å²) in [7, 11) is 0. The molecule has 0 saturated heterocycles. The van der Waals surface area contributed by atoms with Crippen LogP contribution in [0.2, 0.25) is 10.0 Å². The van der Waals surface area contributed by atoms with E-state index in [1.165, 1.54) is 77.9 Å². The second kappa shape index (κ2) is 14.5. The number of hydrogen-bond donors (Lipinski definition) is 0. The van der Waals surface area contributed by atoms with E-state index in [2.05, 4.69) is 168 Å². The third-order valence-corrected chi connectivity index (χ3v) is 25.2. The summed E-state index contributed by atoms with van der Waals surface area (Å²) in [4.78, 5) is 0. The fourth-order valence-electron chi connectivity index (χ4n) is 10.5. The number of rotatable bonds is 5. The van der Waals surface area contributed by atoms with E-state index in [-0.39, 0.29) is 39.3 Å². The molecular weight excluding hydrogens is 822 g/mol. The van der Waals surface area contributed by atoms with Crippen molar-refractivity contribution in [2.45, 2.75) is 83.7 Å². The predicted molar refractivity (Wildman–Crippen MR) is 225 cm³/mol. The minimum absolute atomic E-state index is 0. The predicted octanol–water partition coefficient (Wildman–Crippen LogP) is 7.82. The maximum atomic E-state index is 6.56. The Kier molecular flexibility index (Phi) is 11.1. The molecule has 0 bridgehead atoms. The molecule has 0 spiro atoms. The van der Waals surface area contributed by atoms with E-state index in [1.54, 1.807) is 3.28 Å². The molecule has 4 aromatic carbocycles. The van der Waals surface area contributed by atoms with Gasteiger partial charge < -0.3 is 24.8 Å². The Morgan fingerprint density at radius 2 is 1.04 bits per heavy atom. The molecule has 0 aliphatic heterocycles. The Morgan fingerprint density at radius 3 is 1.41 bits per heavy atom. The molecule has 5 heteroatoms. The van der Waals surface area contributed by atoms with Gasteiger partial charge in [-0.2, -0.15) is 0 Å². The molecule has 0 aromatic heterocycles. The van der Waals surface area contributed by atoms with Gasteiger partial charge in [0.2, 0.25) is 0 Å². The first-order valence-electron chi connectivity index (χ1n) is 18.9. The fraction of sp³-hybridized carbons (Fsp3) is 0.306. The van der Waals surface area contributed by atoms with Crippen LogP contribution in [0.5, 0.6) is 0 Å². The summed E-state index contributed by atoms with van der Waals surface area (Å²) < 4.78 is 7.45. The van der Waals surface area contributed by atoms with Crippen LogP contribution in [0.25, 0.3) is 22.3 Å². The third-order valence-electron chi connectivity index (χ3n) is 12.5. The van der Waals surface area contributed by atoms with Crippen LogP contribution in [0.1, 0.15) is 117 Å². The molecule has 1 atom stereocenters. The largest absolute Gasteiger partial charge is 1.00 e.